The van der Waals surface area contributed by atoms with Gasteiger partial charge in [0.15, 0.2) is 0 Å². The second kappa shape index (κ2) is 6.81. The molecule has 128 valence electrons. The number of nitrogens with zero attached hydrogens (tertiary/aromatic N) is 3. The highest BCUT2D eigenvalue weighted by Crippen LogP contribution is 2.18. The molecule has 0 saturated heterocycles. The number of hydrogen-bond donors (Lipinski definition) is 1. The fourth-order valence-corrected chi connectivity index (χ4v) is 3.16. The van der Waals surface area contributed by atoms with Crippen molar-refractivity contribution >= 4 is 33.8 Å². The van der Waals surface area contributed by atoms with E-state index in [-0.39, 0.29) is 29.6 Å². The summed E-state index contributed by atoms with van der Waals surface area (Å²) in [6, 6.07) is 7.52. The number of hydrogen-bond acceptors (Lipinski definition) is 6. The molecule has 0 fully saturated rings. The number of nitro benzene ring substituents is 1. The summed E-state index contributed by atoms with van der Waals surface area (Å²) in [4.78, 5) is 40.0. The first-order valence-electron chi connectivity index (χ1n) is 7.42. The molecule has 8 nitrogen and oxygen atoms in total. The second-order valence-electron chi connectivity index (χ2n) is 5.44. The number of thiophene rings is 1. The Bertz CT molecular complexity index is 997. The number of carbonyl (C=O) groups excluding carboxylic acids is 1. The summed E-state index contributed by atoms with van der Waals surface area (Å²) >= 11 is 1.53. The highest BCUT2D eigenvalue weighted by Gasteiger charge is 2.14. The van der Waals surface area contributed by atoms with E-state index < -0.39 is 10.5 Å². The van der Waals surface area contributed by atoms with E-state index >= 15 is 0 Å². The number of rotatable bonds is 5. The van der Waals surface area contributed by atoms with Gasteiger partial charge in [0.1, 0.15) is 6.54 Å². The molecule has 1 atom stereocenters. The molecule has 2 aromatic heterocycles. The van der Waals surface area contributed by atoms with Crippen molar-refractivity contribution in [2.45, 2.75) is 19.5 Å². The minimum absolute atomic E-state index is 0.107. The van der Waals surface area contributed by atoms with Crippen molar-refractivity contribution in [3.63, 3.8) is 0 Å². The van der Waals surface area contributed by atoms with Crippen LogP contribution in [0.25, 0.3) is 10.9 Å². The Kier molecular flexibility index (Phi) is 4.57. The zero-order valence-corrected chi connectivity index (χ0v) is 14.0. The van der Waals surface area contributed by atoms with Crippen molar-refractivity contribution in [2.24, 2.45) is 0 Å². The van der Waals surface area contributed by atoms with Gasteiger partial charge in [0.2, 0.25) is 5.91 Å². The Labute approximate surface area is 145 Å². The van der Waals surface area contributed by atoms with Crippen molar-refractivity contribution in [1.82, 2.24) is 14.9 Å². The van der Waals surface area contributed by atoms with Crippen molar-refractivity contribution in [3.8, 4) is 0 Å². The van der Waals surface area contributed by atoms with Crippen molar-refractivity contribution in [3.05, 3.63) is 67.4 Å². The predicted molar refractivity (Wildman–Crippen MR) is 93.5 cm³/mol. The molecule has 1 aromatic carbocycles. The van der Waals surface area contributed by atoms with E-state index in [1.165, 1.54) is 35.9 Å². The minimum atomic E-state index is -0.578. The summed E-state index contributed by atoms with van der Waals surface area (Å²) in [5.74, 6) is -0.338. The number of aromatic nitrogens is 2. The fraction of sp³-hybridized carbons (Fsp3) is 0.188. The molecule has 0 bridgehead atoms. The Balaban J connectivity index is 1.83. The van der Waals surface area contributed by atoms with Gasteiger partial charge in [0, 0.05) is 17.0 Å². The Hall–Kier alpha value is -3.07. The van der Waals surface area contributed by atoms with Crippen LogP contribution < -0.4 is 10.9 Å². The molecule has 0 saturated carbocycles. The molecule has 3 aromatic rings. The lowest BCUT2D eigenvalue weighted by molar-refractivity contribution is -0.384. The summed E-state index contributed by atoms with van der Waals surface area (Å²) in [6.45, 7) is 1.65. The van der Waals surface area contributed by atoms with Crippen LogP contribution in [0.3, 0.4) is 0 Å². The van der Waals surface area contributed by atoms with Gasteiger partial charge in [-0.1, -0.05) is 6.07 Å². The molecule has 0 spiro atoms. The second-order valence-corrected chi connectivity index (χ2v) is 6.42. The van der Waals surface area contributed by atoms with Crippen LogP contribution >= 0.6 is 11.3 Å². The van der Waals surface area contributed by atoms with Gasteiger partial charge in [-0.3, -0.25) is 24.3 Å². The van der Waals surface area contributed by atoms with E-state index in [1.54, 1.807) is 0 Å². The number of carbonyl (C=O) groups is 1. The molecular weight excluding hydrogens is 344 g/mol. The monoisotopic (exact) mass is 358 g/mol. The third-order valence-corrected chi connectivity index (χ3v) is 4.73. The lowest BCUT2D eigenvalue weighted by Gasteiger charge is -2.13. The normalized spacial score (nSPS) is 12.0. The number of nitrogens with one attached hydrogen (secondary N) is 1. The molecule has 9 heteroatoms. The van der Waals surface area contributed by atoms with Gasteiger partial charge in [-0.05, 0) is 24.4 Å². The third-order valence-electron chi connectivity index (χ3n) is 3.68. The zero-order valence-electron chi connectivity index (χ0n) is 13.2. The van der Waals surface area contributed by atoms with E-state index in [0.717, 1.165) is 9.44 Å². The van der Waals surface area contributed by atoms with Gasteiger partial charge >= 0.3 is 0 Å². The van der Waals surface area contributed by atoms with Crippen molar-refractivity contribution in [2.75, 3.05) is 0 Å². The minimum Gasteiger partial charge on any atom is -0.347 e. The summed E-state index contributed by atoms with van der Waals surface area (Å²) < 4.78 is 1.14. The van der Waals surface area contributed by atoms with Crippen LogP contribution in [0.5, 0.6) is 0 Å². The number of nitro groups is 1. The van der Waals surface area contributed by atoms with E-state index in [0.29, 0.717) is 5.52 Å². The standard InChI is InChI=1S/C16H14N4O4S/c1-10(14-3-2-6-25-14)18-15(21)8-19-9-17-13-5-4-11(20(23)24)7-12(13)16(19)22/h2-7,9-10H,8H2,1H3,(H,18,21)/t10-/m0/s1. The average molecular weight is 358 g/mol. The molecule has 1 amide bonds. The number of fused-ring (bicyclic) bond motifs is 1. The summed E-state index contributed by atoms with van der Waals surface area (Å²) in [7, 11) is 0. The van der Waals surface area contributed by atoms with Crippen LogP contribution in [0, 0.1) is 10.1 Å². The average Bonchev–Trinajstić information content (AvgIpc) is 3.12. The smallest absolute Gasteiger partial charge is 0.270 e. The van der Waals surface area contributed by atoms with Gasteiger partial charge < -0.3 is 5.32 Å². The number of non-ortho nitro benzene ring substituents is 1. The lowest BCUT2D eigenvalue weighted by Crippen LogP contribution is -2.33. The van der Waals surface area contributed by atoms with Gasteiger partial charge in [0.25, 0.3) is 11.2 Å². The predicted octanol–water partition coefficient (Wildman–Crippen LogP) is 2.24. The van der Waals surface area contributed by atoms with Crippen LogP contribution in [0.1, 0.15) is 17.8 Å². The SMILES string of the molecule is C[C@H](NC(=O)Cn1cnc2ccc([N+](=O)[O-])cc2c1=O)c1cccs1. The first-order chi connectivity index (χ1) is 12.0. The van der Waals surface area contributed by atoms with E-state index in [2.05, 4.69) is 10.3 Å². The Morgan fingerprint density at radius 2 is 2.24 bits per heavy atom. The molecule has 25 heavy (non-hydrogen) atoms. The van der Waals surface area contributed by atoms with E-state index in [9.17, 15) is 19.7 Å². The highest BCUT2D eigenvalue weighted by molar-refractivity contribution is 7.10. The maximum atomic E-state index is 12.5. The largest absolute Gasteiger partial charge is 0.347 e. The molecule has 0 aliphatic heterocycles. The highest BCUT2D eigenvalue weighted by atomic mass is 32.1. The topological polar surface area (TPSA) is 107 Å². The molecular formula is C16H14N4O4S. The molecule has 0 unspecified atom stereocenters. The van der Waals surface area contributed by atoms with Gasteiger partial charge in [-0.15, -0.1) is 11.3 Å². The van der Waals surface area contributed by atoms with E-state index in [4.69, 9.17) is 0 Å². The van der Waals surface area contributed by atoms with Gasteiger partial charge in [-0.2, -0.15) is 0 Å². The molecule has 3 rings (SSSR count). The van der Waals surface area contributed by atoms with Gasteiger partial charge in [-0.25, -0.2) is 4.98 Å². The van der Waals surface area contributed by atoms with Crippen molar-refractivity contribution < 1.29 is 9.72 Å². The van der Waals surface area contributed by atoms with Crippen LogP contribution in [0.4, 0.5) is 5.69 Å². The quantitative estimate of drug-likeness (QED) is 0.556. The Morgan fingerprint density at radius 1 is 1.44 bits per heavy atom. The van der Waals surface area contributed by atoms with E-state index in [1.807, 2.05) is 24.4 Å². The van der Waals surface area contributed by atoms with Crippen LogP contribution in [0.2, 0.25) is 0 Å². The third kappa shape index (κ3) is 3.56. The molecule has 0 radical (unpaired) electrons. The first-order valence-corrected chi connectivity index (χ1v) is 8.30. The van der Waals surface area contributed by atoms with Crippen LogP contribution in [-0.4, -0.2) is 20.4 Å². The molecule has 0 aliphatic rings. The van der Waals surface area contributed by atoms with Crippen LogP contribution in [0.15, 0.2) is 46.8 Å². The summed E-state index contributed by atoms with van der Waals surface area (Å²) in [6.07, 6.45) is 1.27. The lowest BCUT2D eigenvalue weighted by atomic mass is 10.2. The first kappa shape index (κ1) is 16.8. The molecule has 1 N–H and O–H groups in total. The Morgan fingerprint density at radius 3 is 2.92 bits per heavy atom. The molecule has 0 aliphatic carbocycles. The van der Waals surface area contributed by atoms with Crippen molar-refractivity contribution in [1.29, 1.82) is 0 Å². The zero-order chi connectivity index (χ0) is 18.0. The maximum Gasteiger partial charge on any atom is 0.270 e. The number of amides is 1. The van der Waals surface area contributed by atoms with Gasteiger partial charge in [0.05, 0.1) is 28.2 Å². The molecule has 2 heterocycles. The maximum absolute atomic E-state index is 12.5. The number of benzene rings is 1. The fourth-order valence-electron chi connectivity index (χ4n) is 2.42. The summed E-state index contributed by atoms with van der Waals surface area (Å²) in [5, 5.41) is 15.7. The summed E-state index contributed by atoms with van der Waals surface area (Å²) in [5.41, 5.74) is -0.341. The van der Waals surface area contributed by atoms with Crippen LogP contribution in [-0.2, 0) is 11.3 Å².